The van der Waals surface area contributed by atoms with Gasteiger partial charge in [0.1, 0.15) is 12.4 Å². The minimum atomic E-state index is -0.326. The summed E-state index contributed by atoms with van der Waals surface area (Å²) in [7, 11) is 3.63. The molecule has 0 saturated carbocycles. The number of benzene rings is 4. The molecule has 3 amide bonds. The summed E-state index contributed by atoms with van der Waals surface area (Å²) in [5.74, 6) is -0.140. The molecule has 4 aromatic carbocycles. The maximum atomic E-state index is 13.7. The van der Waals surface area contributed by atoms with E-state index in [9.17, 15) is 14.4 Å². The molecule has 0 spiro atoms. The lowest BCUT2D eigenvalue weighted by atomic mass is 9.99. The van der Waals surface area contributed by atoms with Crippen LogP contribution >= 0.6 is 24.8 Å². The average Bonchev–Trinajstić information content (AvgIpc) is 3.11. The number of para-hydroxylation sites is 1. The predicted molar refractivity (Wildman–Crippen MR) is 201 cm³/mol. The number of hydrogen-bond donors (Lipinski definition) is 2. The van der Waals surface area contributed by atoms with Crippen LogP contribution < -0.4 is 15.8 Å². The number of amides is 3. The maximum absolute atomic E-state index is 13.7. The molecule has 5 rings (SSSR count). The van der Waals surface area contributed by atoms with E-state index in [0.29, 0.717) is 60.8 Å². The molecule has 1 heterocycles. The zero-order valence-corrected chi connectivity index (χ0v) is 30.2. The van der Waals surface area contributed by atoms with Gasteiger partial charge in [-0.05, 0) is 80.0 Å². The highest BCUT2D eigenvalue weighted by Gasteiger charge is 2.24. The van der Waals surface area contributed by atoms with Gasteiger partial charge in [-0.25, -0.2) is 5.06 Å². The van der Waals surface area contributed by atoms with Crippen molar-refractivity contribution in [1.82, 2.24) is 14.9 Å². The first-order chi connectivity index (χ1) is 23.2. The first kappa shape index (κ1) is 40.0. The van der Waals surface area contributed by atoms with Gasteiger partial charge in [0, 0.05) is 50.0 Å². The van der Waals surface area contributed by atoms with Crippen LogP contribution in [0.5, 0.6) is 5.75 Å². The second kappa shape index (κ2) is 19.1. The number of hydrogen-bond acceptors (Lipinski definition) is 7. The van der Waals surface area contributed by atoms with Gasteiger partial charge in [0.05, 0.1) is 12.2 Å². The summed E-state index contributed by atoms with van der Waals surface area (Å²) < 4.78 is 5.75. The number of likely N-dealkylation sites (N-methyl/N-ethyl adjacent to an activating group) is 1. The third kappa shape index (κ3) is 10.1. The number of carbonyl (C=O) groups excluding carboxylic acids is 3. The molecule has 12 heteroatoms. The fraction of sp³-hybridized carbons (Fsp3) is 0.289. The number of hydroxylamine groups is 2. The number of nitrogens with two attached hydrogens (primary N) is 1. The number of nitrogens with zero attached hydrogens (tertiary/aromatic N) is 3. The molecule has 0 bridgehead atoms. The van der Waals surface area contributed by atoms with Crippen molar-refractivity contribution < 1.29 is 24.0 Å². The lowest BCUT2D eigenvalue weighted by molar-refractivity contribution is -0.116. The van der Waals surface area contributed by atoms with E-state index in [1.54, 1.807) is 49.5 Å². The smallest absolute Gasteiger partial charge is 0.277 e. The number of rotatable bonds is 12. The Morgan fingerprint density at radius 1 is 0.840 bits per heavy atom. The number of piperazine rings is 1. The molecule has 1 saturated heterocycles. The summed E-state index contributed by atoms with van der Waals surface area (Å²) in [6, 6.07) is 27.4. The van der Waals surface area contributed by atoms with Gasteiger partial charge in [-0.2, -0.15) is 0 Å². The van der Waals surface area contributed by atoms with Gasteiger partial charge in [0.15, 0.2) is 0 Å². The molecule has 1 fully saturated rings. The number of carbonyl (C=O) groups is 3. The molecule has 10 nitrogen and oxygen atoms in total. The minimum Gasteiger partial charge on any atom is -0.493 e. The van der Waals surface area contributed by atoms with Crippen molar-refractivity contribution in [3.8, 4) is 16.9 Å². The Balaban J connectivity index is 0.00000338. The monoisotopic (exact) mass is 721 g/mol. The van der Waals surface area contributed by atoms with Gasteiger partial charge in [-0.15, -0.1) is 24.8 Å². The van der Waals surface area contributed by atoms with Crippen molar-refractivity contribution in [3.05, 3.63) is 119 Å². The van der Waals surface area contributed by atoms with Crippen molar-refractivity contribution in [2.45, 2.75) is 20.0 Å². The Hall–Kier alpha value is -4.45. The number of anilines is 1. The number of nitrogens with one attached hydrogen (secondary N) is 1. The molecule has 266 valence electrons. The highest BCUT2D eigenvalue weighted by molar-refractivity contribution is 6.06. The van der Waals surface area contributed by atoms with Crippen LogP contribution in [0.3, 0.4) is 0 Å². The third-order valence-electron chi connectivity index (χ3n) is 8.33. The van der Waals surface area contributed by atoms with Crippen LogP contribution in [0.2, 0.25) is 0 Å². The van der Waals surface area contributed by atoms with Crippen LogP contribution in [-0.2, 0) is 11.4 Å². The molecule has 0 radical (unpaired) electrons. The zero-order valence-electron chi connectivity index (χ0n) is 28.6. The molecule has 1 aliphatic heterocycles. The van der Waals surface area contributed by atoms with Crippen molar-refractivity contribution in [1.29, 1.82) is 0 Å². The van der Waals surface area contributed by atoms with Gasteiger partial charge in [-0.3, -0.25) is 19.2 Å². The topological polar surface area (TPSA) is 117 Å². The first-order valence-electron chi connectivity index (χ1n) is 16.2. The molecule has 0 unspecified atom stereocenters. The molecule has 50 heavy (non-hydrogen) atoms. The minimum absolute atomic E-state index is 0. The van der Waals surface area contributed by atoms with Crippen LogP contribution in [0.1, 0.15) is 48.6 Å². The van der Waals surface area contributed by atoms with E-state index in [4.69, 9.17) is 15.3 Å². The van der Waals surface area contributed by atoms with Crippen molar-refractivity contribution >= 4 is 48.2 Å². The van der Waals surface area contributed by atoms with Crippen LogP contribution in [0.4, 0.5) is 5.69 Å². The summed E-state index contributed by atoms with van der Waals surface area (Å²) in [6.07, 6.45) is 0.690. The molecule has 1 aliphatic rings. The van der Waals surface area contributed by atoms with Crippen molar-refractivity contribution in [2.24, 2.45) is 5.73 Å². The predicted octanol–water partition coefficient (Wildman–Crippen LogP) is 6.08. The van der Waals surface area contributed by atoms with Crippen molar-refractivity contribution in [2.75, 3.05) is 58.7 Å². The SMILES string of the molecule is Cc1ccc(CON(C)C(=O)c2ccccc2-c2ccc(NC(=O)c3ccccc3OCCCN)cc2)c(C(=O)N2CCN(C)CC2)c1.Cl.Cl. The number of halogens is 2. The molecule has 0 atom stereocenters. The summed E-state index contributed by atoms with van der Waals surface area (Å²) in [6.45, 7) is 5.96. The second-order valence-electron chi connectivity index (χ2n) is 11.9. The third-order valence-corrected chi connectivity index (χ3v) is 8.33. The average molecular weight is 723 g/mol. The molecule has 3 N–H and O–H groups in total. The number of aryl methyl sites for hydroxylation is 1. The van der Waals surface area contributed by atoms with E-state index in [0.717, 1.165) is 35.3 Å². The quantitative estimate of drug-likeness (QED) is 0.135. The van der Waals surface area contributed by atoms with Gasteiger partial charge in [0.2, 0.25) is 0 Å². The van der Waals surface area contributed by atoms with Crippen LogP contribution in [0.25, 0.3) is 11.1 Å². The first-order valence-corrected chi connectivity index (χ1v) is 16.2. The van der Waals surface area contributed by atoms with Gasteiger partial charge < -0.3 is 25.6 Å². The Morgan fingerprint density at radius 3 is 2.20 bits per heavy atom. The summed E-state index contributed by atoms with van der Waals surface area (Å²) in [5, 5.41) is 4.14. The summed E-state index contributed by atoms with van der Waals surface area (Å²) >= 11 is 0. The van der Waals surface area contributed by atoms with E-state index >= 15 is 0 Å². The van der Waals surface area contributed by atoms with E-state index in [1.807, 2.05) is 60.4 Å². The largest absolute Gasteiger partial charge is 0.493 e. The molecular formula is C38H45Cl2N5O5. The Labute approximate surface area is 306 Å². The fourth-order valence-corrected chi connectivity index (χ4v) is 5.49. The second-order valence-corrected chi connectivity index (χ2v) is 11.9. The van der Waals surface area contributed by atoms with Gasteiger partial charge in [-0.1, -0.05) is 60.2 Å². The number of ether oxygens (including phenoxy) is 1. The van der Waals surface area contributed by atoms with E-state index in [-0.39, 0.29) is 49.1 Å². The van der Waals surface area contributed by atoms with Crippen LogP contribution in [-0.4, -0.2) is 86.0 Å². The van der Waals surface area contributed by atoms with Crippen LogP contribution in [0.15, 0.2) is 91.0 Å². The lowest BCUT2D eigenvalue weighted by Crippen LogP contribution is -2.47. The van der Waals surface area contributed by atoms with E-state index in [1.165, 1.54) is 5.06 Å². The normalized spacial score (nSPS) is 12.7. The Bertz CT molecular complexity index is 1750. The Morgan fingerprint density at radius 2 is 1.50 bits per heavy atom. The molecule has 0 aromatic heterocycles. The maximum Gasteiger partial charge on any atom is 0.277 e. The Kier molecular flexibility index (Phi) is 15.3. The summed E-state index contributed by atoms with van der Waals surface area (Å²) in [4.78, 5) is 50.2. The van der Waals surface area contributed by atoms with Gasteiger partial charge in [0.25, 0.3) is 17.7 Å². The summed E-state index contributed by atoms with van der Waals surface area (Å²) in [5.41, 5.74) is 10.9. The lowest BCUT2D eigenvalue weighted by Gasteiger charge is -2.33. The van der Waals surface area contributed by atoms with E-state index in [2.05, 4.69) is 17.3 Å². The van der Waals surface area contributed by atoms with E-state index < -0.39 is 0 Å². The fourth-order valence-electron chi connectivity index (χ4n) is 5.49. The standard InChI is InChI=1S/C38H43N5O5.2ClH/c1-27-13-14-29(34(25-27)38(46)43-22-20-41(2)21-23-43)26-48-42(3)37(45)32-10-5-4-9-31(32)28-15-17-30(18-16-28)40-36(44)33-11-6-7-12-35(33)47-24-8-19-39;;/h4-7,9-18,25H,8,19-24,26,39H2,1-3H3,(H,40,44);2*1H. The molecule has 0 aliphatic carbocycles. The molecular weight excluding hydrogens is 677 g/mol. The van der Waals surface area contributed by atoms with Gasteiger partial charge >= 0.3 is 0 Å². The van der Waals surface area contributed by atoms with Crippen molar-refractivity contribution in [3.63, 3.8) is 0 Å². The zero-order chi connectivity index (χ0) is 34.0. The van der Waals surface area contributed by atoms with Crippen LogP contribution in [0, 0.1) is 6.92 Å². The highest BCUT2D eigenvalue weighted by Crippen LogP contribution is 2.27. The molecule has 4 aromatic rings. The highest BCUT2D eigenvalue weighted by atomic mass is 35.5.